The van der Waals surface area contributed by atoms with Crippen LogP contribution in [0.25, 0.3) is 11.5 Å². The van der Waals surface area contributed by atoms with Crippen molar-refractivity contribution in [3.05, 3.63) is 29.6 Å². The highest BCUT2D eigenvalue weighted by atomic mass is 16.5. The van der Waals surface area contributed by atoms with Gasteiger partial charge in [-0.15, -0.1) is 0 Å². The molecule has 0 spiro atoms. The maximum atomic E-state index is 9.39. The number of aryl methyl sites for hydroxylation is 1. The Bertz CT molecular complexity index is 602. The summed E-state index contributed by atoms with van der Waals surface area (Å²) in [6.45, 7) is 6.33. The summed E-state index contributed by atoms with van der Waals surface area (Å²) in [7, 11) is 0. The Morgan fingerprint density at radius 1 is 1.39 bits per heavy atom. The van der Waals surface area contributed by atoms with E-state index < -0.39 is 0 Å². The highest BCUT2D eigenvalue weighted by Gasteiger charge is 2.49. The zero-order chi connectivity index (χ0) is 12.9. The normalized spacial score (nSPS) is 20.9. The highest BCUT2D eigenvalue weighted by Crippen LogP contribution is 2.57. The van der Waals surface area contributed by atoms with E-state index in [9.17, 15) is 5.11 Å². The molecule has 0 saturated heterocycles. The van der Waals surface area contributed by atoms with E-state index in [4.69, 9.17) is 4.52 Å². The molecule has 1 aliphatic rings. The smallest absolute Gasteiger partial charge is 0.258 e. The molecule has 1 aliphatic carbocycles. The zero-order valence-corrected chi connectivity index (χ0v) is 10.8. The molecule has 1 N–H and O–H groups in total. The van der Waals surface area contributed by atoms with Gasteiger partial charge in [-0.25, -0.2) is 0 Å². The Hall–Kier alpha value is -1.84. The number of rotatable bonds is 2. The van der Waals surface area contributed by atoms with Gasteiger partial charge in [-0.3, -0.25) is 0 Å². The van der Waals surface area contributed by atoms with Gasteiger partial charge in [0.2, 0.25) is 0 Å². The fourth-order valence-corrected chi connectivity index (χ4v) is 2.28. The third kappa shape index (κ3) is 1.78. The van der Waals surface area contributed by atoms with Crippen LogP contribution in [0, 0.1) is 12.3 Å². The molecule has 18 heavy (non-hydrogen) atoms. The van der Waals surface area contributed by atoms with Crippen molar-refractivity contribution in [1.29, 1.82) is 0 Å². The molecule has 1 fully saturated rings. The van der Waals surface area contributed by atoms with Gasteiger partial charge in [0.05, 0.1) is 0 Å². The molecular formula is C14H16N2O2. The molecule has 1 aromatic carbocycles. The summed E-state index contributed by atoms with van der Waals surface area (Å²) in [5, 5.41) is 13.5. The second kappa shape index (κ2) is 3.57. The summed E-state index contributed by atoms with van der Waals surface area (Å²) in [5.74, 6) is 1.99. The minimum absolute atomic E-state index is 0.249. The summed E-state index contributed by atoms with van der Waals surface area (Å²) in [4.78, 5) is 4.47. The van der Waals surface area contributed by atoms with Crippen LogP contribution in [0.4, 0.5) is 0 Å². The minimum atomic E-state index is 0.249. The van der Waals surface area contributed by atoms with Crippen LogP contribution in [0.5, 0.6) is 5.75 Å². The first-order valence-electron chi connectivity index (χ1n) is 6.11. The summed E-state index contributed by atoms with van der Waals surface area (Å²) in [6, 6.07) is 5.13. The maximum absolute atomic E-state index is 9.39. The van der Waals surface area contributed by atoms with Gasteiger partial charge in [0.25, 0.3) is 5.89 Å². The molecule has 4 nitrogen and oxygen atoms in total. The second-order valence-corrected chi connectivity index (χ2v) is 5.70. The first-order chi connectivity index (χ1) is 8.47. The van der Waals surface area contributed by atoms with Crippen molar-refractivity contribution in [3.8, 4) is 17.2 Å². The molecule has 2 aromatic rings. The van der Waals surface area contributed by atoms with Crippen LogP contribution < -0.4 is 0 Å². The Morgan fingerprint density at radius 3 is 2.72 bits per heavy atom. The predicted molar refractivity (Wildman–Crippen MR) is 67.3 cm³/mol. The van der Waals surface area contributed by atoms with E-state index >= 15 is 0 Å². The van der Waals surface area contributed by atoms with E-state index in [0.717, 1.165) is 23.4 Å². The van der Waals surface area contributed by atoms with Crippen molar-refractivity contribution < 1.29 is 9.63 Å². The fraction of sp³-hybridized carbons (Fsp3) is 0.429. The van der Waals surface area contributed by atoms with Crippen molar-refractivity contribution in [2.45, 2.75) is 33.1 Å². The molecule has 0 amide bonds. The molecule has 1 heterocycles. The number of nitrogens with zero attached hydrogens (tertiary/aromatic N) is 2. The molecule has 94 valence electrons. The molecule has 0 radical (unpaired) electrons. The largest absolute Gasteiger partial charge is 0.508 e. The van der Waals surface area contributed by atoms with Crippen LogP contribution in [0.2, 0.25) is 0 Å². The Labute approximate surface area is 106 Å². The Morgan fingerprint density at radius 2 is 2.11 bits per heavy atom. The van der Waals surface area contributed by atoms with E-state index in [2.05, 4.69) is 24.0 Å². The lowest BCUT2D eigenvalue weighted by Gasteiger charge is -2.00. The summed E-state index contributed by atoms with van der Waals surface area (Å²) in [5.41, 5.74) is 2.11. The Kier molecular flexibility index (Phi) is 2.24. The zero-order valence-electron chi connectivity index (χ0n) is 10.8. The molecule has 0 bridgehead atoms. The van der Waals surface area contributed by atoms with E-state index in [1.807, 2.05) is 6.92 Å². The molecule has 1 unspecified atom stereocenters. The molecule has 1 aromatic heterocycles. The average molecular weight is 244 g/mol. The van der Waals surface area contributed by atoms with Crippen molar-refractivity contribution in [2.75, 3.05) is 0 Å². The predicted octanol–water partition coefficient (Wildman–Crippen LogP) is 3.26. The average Bonchev–Trinajstić information content (AvgIpc) is 2.74. The van der Waals surface area contributed by atoms with E-state index in [1.165, 1.54) is 0 Å². The number of phenols is 1. The van der Waals surface area contributed by atoms with E-state index in [-0.39, 0.29) is 5.75 Å². The first kappa shape index (κ1) is 11.3. The number of hydrogen-bond donors (Lipinski definition) is 1. The molecule has 1 atom stereocenters. The minimum Gasteiger partial charge on any atom is -0.508 e. The summed E-state index contributed by atoms with van der Waals surface area (Å²) >= 11 is 0. The second-order valence-electron chi connectivity index (χ2n) is 5.70. The van der Waals surface area contributed by atoms with Gasteiger partial charge in [-0.1, -0.05) is 19.0 Å². The molecule has 3 rings (SSSR count). The highest BCUT2D eigenvalue weighted by molar-refractivity contribution is 5.59. The van der Waals surface area contributed by atoms with Crippen LogP contribution in [-0.2, 0) is 0 Å². The van der Waals surface area contributed by atoms with Crippen molar-refractivity contribution in [3.63, 3.8) is 0 Å². The lowest BCUT2D eigenvalue weighted by atomic mass is 10.1. The third-order valence-electron chi connectivity index (χ3n) is 3.71. The summed E-state index contributed by atoms with van der Waals surface area (Å²) in [6.07, 6.45) is 1.11. The molecule has 1 saturated carbocycles. The van der Waals surface area contributed by atoms with Crippen LogP contribution in [0.1, 0.15) is 37.6 Å². The Balaban J connectivity index is 1.94. The number of aromatic nitrogens is 2. The monoisotopic (exact) mass is 244 g/mol. The maximum Gasteiger partial charge on any atom is 0.258 e. The van der Waals surface area contributed by atoms with Crippen molar-refractivity contribution >= 4 is 0 Å². The van der Waals surface area contributed by atoms with Gasteiger partial charge in [0, 0.05) is 11.5 Å². The third-order valence-corrected chi connectivity index (χ3v) is 3.71. The number of aromatic hydroxyl groups is 1. The number of benzene rings is 1. The number of phenolic OH excluding ortho intramolecular Hbond substituents is 1. The quantitative estimate of drug-likeness (QED) is 0.880. The van der Waals surface area contributed by atoms with Crippen molar-refractivity contribution in [1.82, 2.24) is 10.1 Å². The molecular weight excluding hydrogens is 228 g/mol. The van der Waals surface area contributed by atoms with Gasteiger partial charge >= 0.3 is 0 Å². The molecule has 4 heteroatoms. The van der Waals surface area contributed by atoms with Gasteiger partial charge < -0.3 is 9.63 Å². The molecule has 0 aliphatic heterocycles. The van der Waals surface area contributed by atoms with Crippen LogP contribution >= 0.6 is 0 Å². The van der Waals surface area contributed by atoms with E-state index in [0.29, 0.717) is 17.2 Å². The van der Waals surface area contributed by atoms with E-state index in [1.54, 1.807) is 18.2 Å². The lowest BCUT2D eigenvalue weighted by Crippen LogP contribution is -1.92. The SMILES string of the molecule is Cc1cc(O)ccc1-c1nc(C2CC2(C)C)no1. The number of hydrogen-bond acceptors (Lipinski definition) is 4. The van der Waals surface area contributed by atoms with Crippen LogP contribution in [0.15, 0.2) is 22.7 Å². The van der Waals surface area contributed by atoms with Gasteiger partial charge in [-0.2, -0.15) is 4.98 Å². The topological polar surface area (TPSA) is 59.2 Å². The van der Waals surface area contributed by atoms with Gasteiger partial charge in [0.1, 0.15) is 5.75 Å². The summed E-state index contributed by atoms with van der Waals surface area (Å²) < 4.78 is 5.32. The van der Waals surface area contributed by atoms with Crippen molar-refractivity contribution in [2.24, 2.45) is 5.41 Å². The fourth-order valence-electron chi connectivity index (χ4n) is 2.28. The van der Waals surface area contributed by atoms with Crippen LogP contribution in [0.3, 0.4) is 0 Å². The van der Waals surface area contributed by atoms with Gasteiger partial charge in [0.15, 0.2) is 5.82 Å². The first-order valence-corrected chi connectivity index (χ1v) is 6.11. The standard InChI is InChI=1S/C14H16N2O2/c1-8-6-9(17)4-5-10(8)13-15-12(16-18-13)11-7-14(11,2)3/h4-6,11,17H,7H2,1-3H3. The van der Waals surface area contributed by atoms with Crippen LogP contribution in [-0.4, -0.2) is 15.2 Å². The van der Waals surface area contributed by atoms with Gasteiger partial charge in [-0.05, 0) is 42.5 Å². The lowest BCUT2D eigenvalue weighted by molar-refractivity contribution is 0.419.